The van der Waals surface area contributed by atoms with Crippen molar-refractivity contribution >= 4 is 24.8 Å². The van der Waals surface area contributed by atoms with E-state index in [-0.39, 0.29) is 24.8 Å². The monoisotopic (exact) mass is 228 g/mol. The van der Waals surface area contributed by atoms with Gasteiger partial charge in [0.25, 0.3) is 0 Å². The first-order valence-electron chi connectivity index (χ1n) is 4.64. The van der Waals surface area contributed by atoms with E-state index in [1.54, 1.807) is 0 Å². The number of hydrogen-bond donors (Lipinski definition) is 1. The molecule has 0 bridgehead atoms. The van der Waals surface area contributed by atoms with E-state index >= 15 is 0 Å². The lowest BCUT2D eigenvalue weighted by molar-refractivity contribution is 0.300. The van der Waals surface area contributed by atoms with Gasteiger partial charge in [-0.05, 0) is 58.9 Å². The third-order valence-electron chi connectivity index (χ3n) is 2.44. The van der Waals surface area contributed by atoms with Gasteiger partial charge >= 0.3 is 0 Å². The van der Waals surface area contributed by atoms with Gasteiger partial charge in [-0.3, -0.25) is 0 Å². The summed E-state index contributed by atoms with van der Waals surface area (Å²) in [4.78, 5) is 2.28. The van der Waals surface area contributed by atoms with Crippen LogP contribution >= 0.6 is 24.8 Å². The molecule has 0 amide bonds. The van der Waals surface area contributed by atoms with E-state index in [0.29, 0.717) is 0 Å². The van der Waals surface area contributed by atoms with Crippen molar-refractivity contribution in [2.75, 3.05) is 33.7 Å². The Morgan fingerprint density at radius 2 is 1.69 bits per heavy atom. The highest BCUT2D eigenvalue weighted by Crippen LogP contribution is 2.15. The van der Waals surface area contributed by atoms with Crippen molar-refractivity contribution in [1.82, 2.24) is 10.2 Å². The predicted octanol–water partition coefficient (Wildman–Crippen LogP) is 1.78. The van der Waals surface area contributed by atoms with Crippen LogP contribution in [0.3, 0.4) is 0 Å². The maximum absolute atomic E-state index is 3.39. The van der Waals surface area contributed by atoms with Gasteiger partial charge in [-0.25, -0.2) is 0 Å². The van der Waals surface area contributed by atoms with Crippen LogP contribution in [0.4, 0.5) is 0 Å². The second kappa shape index (κ2) is 9.07. The van der Waals surface area contributed by atoms with Crippen molar-refractivity contribution in [1.29, 1.82) is 0 Å². The molecule has 0 saturated carbocycles. The summed E-state index contributed by atoms with van der Waals surface area (Å²) in [5.41, 5.74) is 0. The molecule has 2 nitrogen and oxygen atoms in total. The van der Waals surface area contributed by atoms with Gasteiger partial charge in [-0.1, -0.05) is 0 Å². The van der Waals surface area contributed by atoms with E-state index in [2.05, 4.69) is 24.3 Å². The minimum Gasteiger partial charge on any atom is -0.317 e. The van der Waals surface area contributed by atoms with Crippen molar-refractivity contribution in [3.05, 3.63) is 0 Å². The molecule has 1 aliphatic heterocycles. The van der Waals surface area contributed by atoms with E-state index in [1.165, 1.54) is 38.9 Å². The summed E-state index contributed by atoms with van der Waals surface area (Å²) in [6.07, 6.45) is 4.15. The van der Waals surface area contributed by atoms with Crippen molar-refractivity contribution < 1.29 is 0 Å². The fourth-order valence-electron chi connectivity index (χ4n) is 1.61. The topological polar surface area (TPSA) is 15.3 Å². The molecule has 1 N–H and O–H groups in total. The second-order valence-corrected chi connectivity index (χ2v) is 3.79. The standard InChI is InChI=1S/C9H20N2.2ClH/c1-11(2)8-5-9-3-6-10-7-4-9;;/h9-10H,3-8H2,1-2H3;2*1H. The van der Waals surface area contributed by atoms with Crippen molar-refractivity contribution in [3.63, 3.8) is 0 Å². The maximum atomic E-state index is 3.39. The molecule has 1 rings (SSSR count). The van der Waals surface area contributed by atoms with Gasteiger partial charge in [0.05, 0.1) is 0 Å². The summed E-state index contributed by atoms with van der Waals surface area (Å²) >= 11 is 0. The Balaban J connectivity index is 0. The molecular weight excluding hydrogens is 207 g/mol. The van der Waals surface area contributed by atoms with Crippen molar-refractivity contribution in [3.8, 4) is 0 Å². The highest BCUT2D eigenvalue weighted by molar-refractivity contribution is 5.85. The summed E-state index contributed by atoms with van der Waals surface area (Å²) in [5.74, 6) is 0.985. The highest BCUT2D eigenvalue weighted by atomic mass is 35.5. The molecule has 4 heteroatoms. The highest BCUT2D eigenvalue weighted by Gasteiger charge is 2.12. The molecule has 1 fully saturated rings. The van der Waals surface area contributed by atoms with E-state index in [9.17, 15) is 0 Å². The lowest BCUT2D eigenvalue weighted by atomic mass is 9.95. The lowest BCUT2D eigenvalue weighted by Crippen LogP contribution is -2.29. The van der Waals surface area contributed by atoms with Crippen LogP contribution in [0.15, 0.2) is 0 Å². The zero-order valence-electron chi connectivity index (χ0n) is 8.58. The van der Waals surface area contributed by atoms with Crippen molar-refractivity contribution in [2.45, 2.75) is 19.3 Å². The van der Waals surface area contributed by atoms with Gasteiger partial charge in [0.2, 0.25) is 0 Å². The molecule has 1 heterocycles. The van der Waals surface area contributed by atoms with E-state index in [0.717, 1.165) is 5.92 Å². The molecule has 1 aliphatic rings. The van der Waals surface area contributed by atoms with Gasteiger partial charge in [0.1, 0.15) is 0 Å². The normalized spacial score (nSPS) is 17.8. The summed E-state index contributed by atoms with van der Waals surface area (Å²) in [6, 6.07) is 0. The van der Waals surface area contributed by atoms with Crippen LogP contribution in [-0.4, -0.2) is 38.6 Å². The van der Waals surface area contributed by atoms with Gasteiger partial charge in [-0.2, -0.15) is 0 Å². The molecule has 13 heavy (non-hydrogen) atoms. The number of rotatable bonds is 3. The first kappa shape index (κ1) is 15.9. The third-order valence-corrected chi connectivity index (χ3v) is 2.44. The average Bonchev–Trinajstić information content (AvgIpc) is 2.03. The molecule has 0 spiro atoms. The average molecular weight is 229 g/mol. The van der Waals surface area contributed by atoms with Crippen LogP contribution < -0.4 is 5.32 Å². The Morgan fingerprint density at radius 3 is 2.15 bits per heavy atom. The Kier molecular flexibility index (Phi) is 11.1. The number of nitrogens with one attached hydrogen (secondary N) is 1. The van der Waals surface area contributed by atoms with E-state index in [4.69, 9.17) is 0 Å². The van der Waals surface area contributed by atoms with Crippen LogP contribution in [0.2, 0.25) is 0 Å². The molecule has 0 aromatic heterocycles. The number of piperidine rings is 1. The molecular formula is C9H22Cl2N2. The van der Waals surface area contributed by atoms with Gasteiger partial charge in [-0.15, -0.1) is 24.8 Å². The predicted molar refractivity (Wildman–Crippen MR) is 63.3 cm³/mol. The molecule has 0 aromatic carbocycles. The zero-order valence-corrected chi connectivity index (χ0v) is 10.2. The second-order valence-electron chi connectivity index (χ2n) is 3.79. The summed E-state index contributed by atoms with van der Waals surface area (Å²) < 4.78 is 0. The lowest BCUT2D eigenvalue weighted by Gasteiger charge is -2.23. The summed E-state index contributed by atoms with van der Waals surface area (Å²) in [5, 5.41) is 3.39. The number of nitrogens with zero attached hydrogens (tertiary/aromatic N) is 1. The first-order valence-corrected chi connectivity index (χ1v) is 4.64. The fraction of sp³-hybridized carbons (Fsp3) is 1.00. The minimum absolute atomic E-state index is 0. The van der Waals surface area contributed by atoms with Gasteiger partial charge < -0.3 is 10.2 Å². The minimum atomic E-state index is 0. The summed E-state index contributed by atoms with van der Waals surface area (Å²) in [6.45, 7) is 3.72. The quantitative estimate of drug-likeness (QED) is 0.793. The molecule has 0 atom stereocenters. The van der Waals surface area contributed by atoms with Crippen LogP contribution in [-0.2, 0) is 0 Å². The van der Waals surface area contributed by atoms with Crippen LogP contribution in [0.25, 0.3) is 0 Å². The molecule has 0 aliphatic carbocycles. The maximum Gasteiger partial charge on any atom is -0.00222 e. The smallest absolute Gasteiger partial charge is 0.00222 e. The molecule has 0 aromatic rings. The van der Waals surface area contributed by atoms with Gasteiger partial charge in [0.15, 0.2) is 0 Å². The Morgan fingerprint density at radius 1 is 1.15 bits per heavy atom. The fourth-order valence-corrected chi connectivity index (χ4v) is 1.61. The third kappa shape index (κ3) is 7.56. The molecule has 0 unspecified atom stereocenters. The van der Waals surface area contributed by atoms with Crippen LogP contribution in [0.1, 0.15) is 19.3 Å². The number of halogens is 2. The van der Waals surface area contributed by atoms with Crippen LogP contribution in [0.5, 0.6) is 0 Å². The zero-order chi connectivity index (χ0) is 8.10. The Bertz CT molecular complexity index is 104. The largest absolute Gasteiger partial charge is 0.317 e. The first-order chi connectivity index (χ1) is 5.29. The van der Waals surface area contributed by atoms with E-state index in [1.807, 2.05) is 0 Å². The molecule has 1 saturated heterocycles. The Hall–Kier alpha value is 0.500. The molecule has 0 radical (unpaired) electrons. The number of hydrogen-bond acceptors (Lipinski definition) is 2. The van der Waals surface area contributed by atoms with Crippen molar-refractivity contribution in [2.24, 2.45) is 5.92 Å². The van der Waals surface area contributed by atoms with E-state index < -0.39 is 0 Å². The Labute approximate surface area is 94.3 Å². The van der Waals surface area contributed by atoms with Gasteiger partial charge in [0, 0.05) is 0 Å². The molecule has 82 valence electrons. The van der Waals surface area contributed by atoms with Crippen LogP contribution in [0, 0.1) is 5.92 Å². The SMILES string of the molecule is CN(C)CCC1CCNCC1.Cl.Cl. The summed E-state index contributed by atoms with van der Waals surface area (Å²) in [7, 11) is 4.31.